The molecule has 3 nitrogen and oxygen atoms in total. The number of ether oxygens (including phenoxy) is 1. The van der Waals surface area contributed by atoms with Crippen molar-refractivity contribution >= 4 is 15.9 Å². The van der Waals surface area contributed by atoms with Crippen molar-refractivity contribution in [1.82, 2.24) is 5.32 Å². The smallest absolute Gasteiger partial charge is 0.104 e. The predicted octanol–water partition coefficient (Wildman–Crippen LogP) is 3.60. The van der Waals surface area contributed by atoms with Crippen LogP contribution in [0.2, 0.25) is 0 Å². The van der Waals surface area contributed by atoms with Crippen molar-refractivity contribution in [3.8, 4) is 0 Å². The summed E-state index contributed by atoms with van der Waals surface area (Å²) in [4.78, 5) is 0. The van der Waals surface area contributed by atoms with Gasteiger partial charge in [-0.05, 0) is 29.8 Å². The lowest BCUT2D eigenvalue weighted by atomic mass is 9.94. The van der Waals surface area contributed by atoms with E-state index < -0.39 is 0 Å². The number of nitrogens with one attached hydrogen (secondary N) is 1. The molecule has 0 radical (unpaired) electrons. The van der Waals surface area contributed by atoms with Crippen LogP contribution in [-0.2, 0) is 11.2 Å². The third-order valence-corrected chi connectivity index (χ3v) is 3.77. The van der Waals surface area contributed by atoms with Gasteiger partial charge < -0.3 is 14.5 Å². The lowest BCUT2D eigenvalue weighted by molar-refractivity contribution is 0.199. The summed E-state index contributed by atoms with van der Waals surface area (Å²) in [7, 11) is 1.72. The van der Waals surface area contributed by atoms with Gasteiger partial charge in [0.05, 0.1) is 12.9 Å². The van der Waals surface area contributed by atoms with Crippen molar-refractivity contribution in [1.29, 1.82) is 0 Å². The molecule has 1 atom stereocenters. The fraction of sp³-hybridized carbons (Fsp3) is 0.375. The molecule has 2 rings (SSSR count). The summed E-state index contributed by atoms with van der Waals surface area (Å²) in [6.07, 6.45) is 2.63. The SMILES string of the molecule is COCCNCC(Cc1ccco1)c1ccc(Br)cc1. The van der Waals surface area contributed by atoms with Crippen molar-refractivity contribution in [2.45, 2.75) is 12.3 Å². The Morgan fingerprint density at radius 3 is 2.70 bits per heavy atom. The molecule has 0 saturated carbocycles. The third kappa shape index (κ3) is 4.78. The second-order valence-corrected chi connectivity index (χ2v) is 5.64. The van der Waals surface area contributed by atoms with Gasteiger partial charge in [0, 0.05) is 37.0 Å². The summed E-state index contributed by atoms with van der Waals surface area (Å²) in [5, 5.41) is 3.43. The molecule has 0 fully saturated rings. The molecule has 2 aromatic rings. The van der Waals surface area contributed by atoms with E-state index >= 15 is 0 Å². The largest absolute Gasteiger partial charge is 0.469 e. The fourth-order valence-electron chi connectivity index (χ4n) is 2.16. The molecule has 0 bridgehead atoms. The van der Waals surface area contributed by atoms with E-state index in [1.165, 1.54) is 5.56 Å². The van der Waals surface area contributed by atoms with Gasteiger partial charge in [0.15, 0.2) is 0 Å². The van der Waals surface area contributed by atoms with E-state index in [9.17, 15) is 0 Å². The van der Waals surface area contributed by atoms with Gasteiger partial charge in [0.1, 0.15) is 5.76 Å². The number of halogens is 1. The van der Waals surface area contributed by atoms with Gasteiger partial charge in [-0.3, -0.25) is 0 Å². The Hall–Kier alpha value is -1.10. The predicted molar refractivity (Wildman–Crippen MR) is 84.0 cm³/mol. The number of rotatable bonds is 8. The molecule has 0 aliphatic heterocycles. The molecule has 1 aromatic carbocycles. The maximum atomic E-state index is 5.47. The number of benzene rings is 1. The van der Waals surface area contributed by atoms with Crippen LogP contribution in [0.4, 0.5) is 0 Å². The highest BCUT2D eigenvalue weighted by Crippen LogP contribution is 2.22. The first-order valence-corrected chi connectivity index (χ1v) is 7.56. The van der Waals surface area contributed by atoms with Gasteiger partial charge in [-0.2, -0.15) is 0 Å². The van der Waals surface area contributed by atoms with E-state index in [1.807, 2.05) is 12.1 Å². The Balaban J connectivity index is 2.00. The molecule has 1 N–H and O–H groups in total. The minimum atomic E-state index is 0.395. The van der Waals surface area contributed by atoms with Gasteiger partial charge >= 0.3 is 0 Å². The summed E-state index contributed by atoms with van der Waals surface area (Å²) < 4.78 is 11.6. The topological polar surface area (TPSA) is 34.4 Å². The molecule has 0 aliphatic rings. The molecule has 1 heterocycles. The fourth-order valence-corrected chi connectivity index (χ4v) is 2.43. The van der Waals surface area contributed by atoms with Crippen LogP contribution in [0.1, 0.15) is 17.2 Å². The van der Waals surface area contributed by atoms with Crippen LogP contribution in [0.15, 0.2) is 51.6 Å². The molecule has 1 aromatic heterocycles. The highest BCUT2D eigenvalue weighted by atomic mass is 79.9. The zero-order valence-electron chi connectivity index (χ0n) is 11.6. The van der Waals surface area contributed by atoms with E-state index in [1.54, 1.807) is 13.4 Å². The lowest BCUT2D eigenvalue weighted by Gasteiger charge is -2.17. The average molecular weight is 338 g/mol. The number of furan rings is 1. The van der Waals surface area contributed by atoms with E-state index in [0.717, 1.165) is 36.4 Å². The average Bonchev–Trinajstić information content (AvgIpc) is 2.96. The normalized spacial score (nSPS) is 12.5. The molecule has 0 amide bonds. The molecule has 20 heavy (non-hydrogen) atoms. The van der Waals surface area contributed by atoms with Gasteiger partial charge in [0.2, 0.25) is 0 Å². The molecule has 108 valence electrons. The summed E-state index contributed by atoms with van der Waals surface area (Å²) in [6, 6.07) is 12.5. The summed E-state index contributed by atoms with van der Waals surface area (Å²) in [5.74, 6) is 1.41. The maximum Gasteiger partial charge on any atom is 0.104 e. The molecular formula is C16H20BrNO2. The minimum absolute atomic E-state index is 0.395. The lowest BCUT2D eigenvalue weighted by Crippen LogP contribution is -2.26. The number of hydrogen-bond acceptors (Lipinski definition) is 3. The van der Waals surface area contributed by atoms with E-state index in [-0.39, 0.29) is 0 Å². The van der Waals surface area contributed by atoms with Crippen LogP contribution in [0.5, 0.6) is 0 Å². The third-order valence-electron chi connectivity index (χ3n) is 3.24. The van der Waals surface area contributed by atoms with Gasteiger partial charge in [-0.1, -0.05) is 28.1 Å². The van der Waals surface area contributed by atoms with Crippen molar-refractivity contribution < 1.29 is 9.15 Å². The molecular weight excluding hydrogens is 318 g/mol. The van der Waals surface area contributed by atoms with Gasteiger partial charge in [-0.15, -0.1) is 0 Å². The zero-order valence-corrected chi connectivity index (χ0v) is 13.2. The van der Waals surface area contributed by atoms with E-state index in [4.69, 9.17) is 9.15 Å². The molecule has 0 saturated heterocycles. The second kappa shape index (κ2) is 8.25. The van der Waals surface area contributed by atoms with Crippen molar-refractivity contribution in [3.63, 3.8) is 0 Å². The Labute approximate surface area is 128 Å². The van der Waals surface area contributed by atoms with Gasteiger partial charge in [0.25, 0.3) is 0 Å². The van der Waals surface area contributed by atoms with Crippen molar-refractivity contribution in [2.75, 3.05) is 26.8 Å². The number of methoxy groups -OCH3 is 1. The van der Waals surface area contributed by atoms with Crippen molar-refractivity contribution in [3.05, 3.63) is 58.5 Å². The molecule has 4 heteroatoms. The highest BCUT2D eigenvalue weighted by Gasteiger charge is 2.13. The van der Waals surface area contributed by atoms with Crippen LogP contribution in [-0.4, -0.2) is 26.8 Å². The molecule has 1 unspecified atom stereocenters. The number of hydrogen-bond donors (Lipinski definition) is 1. The monoisotopic (exact) mass is 337 g/mol. The van der Waals surface area contributed by atoms with Crippen LogP contribution >= 0.6 is 15.9 Å². The van der Waals surface area contributed by atoms with Crippen LogP contribution in [0.25, 0.3) is 0 Å². The van der Waals surface area contributed by atoms with E-state index in [0.29, 0.717) is 5.92 Å². The van der Waals surface area contributed by atoms with Crippen LogP contribution in [0.3, 0.4) is 0 Å². The second-order valence-electron chi connectivity index (χ2n) is 4.73. The van der Waals surface area contributed by atoms with Crippen molar-refractivity contribution in [2.24, 2.45) is 0 Å². The molecule has 0 spiro atoms. The first-order valence-electron chi connectivity index (χ1n) is 6.77. The zero-order chi connectivity index (χ0) is 14.2. The Bertz CT molecular complexity index is 482. The quantitative estimate of drug-likeness (QED) is 0.747. The summed E-state index contributed by atoms with van der Waals surface area (Å²) in [5.41, 5.74) is 1.31. The van der Waals surface area contributed by atoms with Gasteiger partial charge in [-0.25, -0.2) is 0 Å². The Morgan fingerprint density at radius 2 is 2.05 bits per heavy atom. The highest BCUT2D eigenvalue weighted by molar-refractivity contribution is 9.10. The first-order chi connectivity index (χ1) is 9.79. The summed E-state index contributed by atoms with van der Waals surface area (Å²) in [6.45, 7) is 2.50. The summed E-state index contributed by atoms with van der Waals surface area (Å²) >= 11 is 3.48. The Kier molecular flexibility index (Phi) is 6.30. The van der Waals surface area contributed by atoms with E-state index in [2.05, 4.69) is 45.5 Å². The maximum absolute atomic E-state index is 5.47. The minimum Gasteiger partial charge on any atom is -0.469 e. The van der Waals surface area contributed by atoms with Crippen LogP contribution < -0.4 is 5.32 Å². The standard InChI is InChI=1S/C16H20BrNO2/c1-19-10-8-18-12-14(11-16-3-2-9-20-16)13-4-6-15(17)7-5-13/h2-7,9,14,18H,8,10-12H2,1H3. The van der Waals surface area contributed by atoms with Crippen LogP contribution in [0, 0.1) is 0 Å². The first kappa shape index (κ1) is 15.3. The Morgan fingerprint density at radius 1 is 1.25 bits per heavy atom. The molecule has 0 aliphatic carbocycles.